The predicted octanol–water partition coefficient (Wildman–Crippen LogP) is 4.46. The molecule has 1 heterocycles. The van der Waals surface area contributed by atoms with Crippen LogP contribution < -0.4 is 0 Å². The van der Waals surface area contributed by atoms with Crippen LogP contribution in [0.5, 0.6) is 0 Å². The van der Waals surface area contributed by atoms with E-state index in [2.05, 4.69) is 41.8 Å². The van der Waals surface area contributed by atoms with Gasteiger partial charge >= 0.3 is 0 Å². The van der Waals surface area contributed by atoms with Gasteiger partial charge in [0.2, 0.25) is 0 Å². The Morgan fingerprint density at radius 1 is 1.19 bits per heavy atom. The molecule has 0 aliphatic rings. The van der Waals surface area contributed by atoms with Gasteiger partial charge in [-0.3, -0.25) is 0 Å². The SMILES string of the molecule is Fc1c(-c2cncnc2Br)ccc(Br)c1Cl. The minimum absolute atomic E-state index is 0.0493. The quantitative estimate of drug-likeness (QED) is 0.550. The third-order valence-electron chi connectivity index (χ3n) is 1.99. The highest BCUT2D eigenvalue weighted by Gasteiger charge is 2.14. The third kappa shape index (κ3) is 2.12. The molecule has 0 bridgehead atoms. The van der Waals surface area contributed by atoms with Crippen LogP contribution in [0.15, 0.2) is 33.7 Å². The van der Waals surface area contributed by atoms with Gasteiger partial charge in [-0.05, 0) is 37.9 Å². The van der Waals surface area contributed by atoms with E-state index in [1.54, 1.807) is 12.1 Å². The van der Waals surface area contributed by atoms with E-state index in [1.165, 1.54) is 12.5 Å². The maximum Gasteiger partial charge on any atom is 0.150 e. The highest BCUT2D eigenvalue weighted by molar-refractivity contribution is 9.10. The summed E-state index contributed by atoms with van der Waals surface area (Å²) >= 11 is 12.2. The molecule has 0 saturated carbocycles. The Balaban J connectivity index is 2.66. The molecule has 0 saturated heterocycles. The zero-order chi connectivity index (χ0) is 11.7. The Kier molecular flexibility index (Phi) is 3.56. The molecule has 0 unspecified atom stereocenters. The van der Waals surface area contributed by atoms with Crippen molar-refractivity contribution in [2.75, 3.05) is 0 Å². The van der Waals surface area contributed by atoms with E-state index in [0.717, 1.165) is 0 Å². The molecule has 82 valence electrons. The first-order valence-corrected chi connectivity index (χ1v) is 6.17. The van der Waals surface area contributed by atoms with Crippen molar-refractivity contribution >= 4 is 43.5 Å². The fraction of sp³-hybridized carbons (Fsp3) is 0. The molecule has 1 aromatic heterocycles. The Hall–Kier alpha value is -0.520. The Morgan fingerprint density at radius 3 is 2.62 bits per heavy atom. The zero-order valence-corrected chi connectivity index (χ0v) is 11.6. The van der Waals surface area contributed by atoms with Gasteiger partial charge in [0.15, 0.2) is 5.82 Å². The highest BCUT2D eigenvalue weighted by Crippen LogP contribution is 2.34. The first-order valence-electron chi connectivity index (χ1n) is 4.20. The standard InChI is InChI=1S/C10H4Br2ClFN2/c11-7-2-1-5(9(14)8(7)13)6-3-15-4-16-10(6)12/h1-4H. The van der Waals surface area contributed by atoms with Crippen LogP contribution in [0.3, 0.4) is 0 Å². The molecule has 0 N–H and O–H groups in total. The molecule has 0 atom stereocenters. The van der Waals surface area contributed by atoms with Crippen LogP contribution in [-0.4, -0.2) is 9.97 Å². The second-order valence-electron chi connectivity index (χ2n) is 2.95. The summed E-state index contributed by atoms with van der Waals surface area (Å²) in [5.74, 6) is -0.494. The van der Waals surface area contributed by atoms with Gasteiger partial charge in [0.1, 0.15) is 10.9 Å². The molecular formula is C10H4Br2ClFN2. The normalized spacial score (nSPS) is 10.5. The lowest BCUT2D eigenvalue weighted by Gasteiger charge is -2.06. The van der Waals surface area contributed by atoms with Crippen molar-refractivity contribution in [3.8, 4) is 11.1 Å². The lowest BCUT2D eigenvalue weighted by molar-refractivity contribution is 0.630. The minimum atomic E-state index is -0.494. The summed E-state index contributed by atoms with van der Waals surface area (Å²) in [6.45, 7) is 0. The smallest absolute Gasteiger partial charge is 0.150 e. The van der Waals surface area contributed by atoms with Gasteiger partial charge in [-0.2, -0.15) is 0 Å². The van der Waals surface area contributed by atoms with E-state index in [1.807, 2.05) is 0 Å². The number of benzene rings is 1. The van der Waals surface area contributed by atoms with Crippen molar-refractivity contribution in [1.29, 1.82) is 0 Å². The average molecular weight is 366 g/mol. The molecule has 2 nitrogen and oxygen atoms in total. The van der Waals surface area contributed by atoms with E-state index in [9.17, 15) is 4.39 Å². The fourth-order valence-corrected chi connectivity index (χ4v) is 2.11. The first-order chi connectivity index (χ1) is 7.61. The van der Waals surface area contributed by atoms with Crippen LogP contribution in [0.1, 0.15) is 0 Å². The van der Waals surface area contributed by atoms with Gasteiger partial charge in [-0.25, -0.2) is 14.4 Å². The summed E-state index contributed by atoms with van der Waals surface area (Å²) < 4.78 is 14.9. The van der Waals surface area contributed by atoms with E-state index in [4.69, 9.17) is 11.6 Å². The van der Waals surface area contributed by atoms with Gasteiger partial charge < -0.3 is 0 Å². The molecule has 0 fully saturated rings. The molecule has 0 aliphatic carbocycles. The van der Waals surface area contributed by atoms with Crippen molar-refractivity contribution < 1.29 is 4.39 Å². The Labute approximate surface area is 113 Å². The van der Waals surface area contributed by atoms with Crippen LogP contribution in [0.4, 0.5) is 4.39 Å². The average Bonchev–Trinajstić information content (AvgIpc) is 2.28. The molecule has 2 aromatic rings. The third-order valence-corrected chi connectivity index (χ3v) is 3.88. The van der Waals surface area contributed by atoms with Crippen LogP contribution in [0, 0.1) is 5.82 Å². The van der Waals surface area contributed by atoms with E-state index < -0.39 is 5.82 Å². The Morgan fingerprint density at radius 2 is 1.94 bits per heavy atom. The summed E-state index contributed by atoms with van der Waals surface area (Å²) in [4.78, 5) is 7.79. The monoisotopic (exact) mass is 364 g/mol. The second-order valence-corrected chi connectivity index (χ2v) is 4.93. The van der Waals surface area contributed by atoms with E-state index in [0.29, 0.717) is 20.2 Å². The van der Waals surface area contributed by atoms with Gasteiger partial charge in [0.25, 0.3) is 0 Å². The van der Waals surface area contributed by atoms with Crippen LogP contribution in [-0.2, 0) is 0 Å². The van der Waals surface area contributed by atoms with Crippen LogP contribution in [0.2, 0.25) is 5.02 Å². The fourth-order valence-electron chi connectivity index (χ4n) is 1.23. The van der Waals surface area contributed by atoms with E-state index >= 15 is 0 Å². The van der Waals surface area contributed by atoms with E-state index in [-0.39, 0.29) is 5.02 Å². The van der Waals surface area contributed by atoms with Gasteiger partial charge in [0.05, 0.1) is 5.02 Å². The number of aromatic nitrogens is 2. The second kappa shape index (κ2) is 4.77. The summed E-state index contributed by atoms with van der Waals surface area (Å²) in [6.07, 6.45) is 2.91. The van der Waals surface area contributed by atoms with Crippen molar-refractivity contribution in [1.82, 2.24) is 9.97 Å². The Bertz CT molecular complexity index is 548. The lowest BCUT2D eigenvalue weighted by atomic mass is 10.1. The summed E-state index contributed by atoms with van der Waals surface area (Å²) in [7, 11) is 0. The van der Waals surface area contributed by atoms with Gasteiger partial charge in [0, 0.05) is 21.8 Å². The van der Waals surface area contributed by atoms with Crippen molar-refractivity contribution in [3.63, 3.8) is 0 Å². The van der Waals surface area contributed by atoms with Gasteiger partial charge in [-0.15, -0.1) is 0 Å². The van der Waals surface area contributed by atoms with Crippen molar-refractivity contribution in [3.05, 3.63) is 44.6 Å². The maximum atomic E-state index is 13.9. The largest absolute Gasteiger partial charge is 0.244 e. The number of nitrogens with zero attached hydrogens (tertiary/aromatic N) is 2. The number of hydrogen-bond acceptors (Lipinski definition) is 2. The maximum absolute atomic E-state index is 13.9. The van der Waals surface area contributed by atoms with Crippen LogP contribution in [0.25, 0.3) is 11.1 Å². The molecule has 0 aliphatic heterocycles. The first kappa shape index (κ1) is 12.0. The highest BCUT2D eigenvalue weighted by atomic mass is 79.9. The van der Waals surface area contributed by atoms with Crippen molar-refractivity contribution in [2.45, 2.75) is 0 Å². The number of rotatable bonds is 1. The summed E-state index contributed by atoms with van der Waals surface area (Å²) in [5.41, 5.74) is 0.926. The van der Waals surface area contributed by atoms with Crippen molar-refractivity contribution in [2.24, 2.45) is 0 Å². The molecule has 0 amide bonds. The molecule has 2 rings (SSSR count). The topological polar surface area (TPSA) is 25.8 Å². The molecule has 0 radical (unpaired) electrons. The minimum Gasteiger partial charge on any atom is -0.244 e. The summed E-state index contributed by atoms with van der Waals surface area (Å²) in [5, 5.41) is 0.0493. The molecule has 6 heteroatoms. The number of halogens is 4. The zero-order valence-electron chi connectivity index (χ0n) is 7.72. The summed E-state index contributed by atoms with van der Waals surface area (Å²) in [6, 6.07) is 3.30. The number of hydrogen-bond donors (Lipinski definition) is 0. The van der Waals surface area contributed by atoms with Gasteiger partial charge in [-0.1, -0.05) is 17.7 Å². The lowest BCUT2D eigenvalue weighted by Crippen LogP contribution is -1.90. The molecular weight excluding hydrogens is 362 g/mol. The molecule has 0 spiro atoms. The van der Waals surface area contributed by atoms with Crippen LogP contribution >= 0.6 is 43.5 Å². The molecule has 1 aromatic carbocycles. The predicted molar refractivity (Wildman–Crippen MR) is 67.8 cm³/mol. The molecule has 16 heavy (non-hydrogen) atoms.